The van der Waals surface area contributed by atoms with Crippen LogP contribution in [0.3, 0.4) is 0 Å². The minimum absolute atomic E-state index is 0.211. The van der Waals surface area contributed by atoms with Crippen LogP contribution < -0.4 is 0 Å². The summed E-state index contributed by atoms with van der Waals surface area (Å²) < 4.78 is 4.90. The maximum atomic E-state index is 11.9. The van der Waals surface area contributed by atoms with Crippen molar-refractivity contribution in [1.82, 2.24) is 0 Å². The second-order valence-corrected chi connectivity index (χ2v) is 4.99. The smallest absolute Gasteiger partial charge is 0.338 e. The van der Waals surface area contributed by atoms with E-state index in [9.17, 15) is 35.1 Å². The molecule has 6 N–H and O–H groups in total. The topological polar surface area (TPSA) is 165 Å². The summed E-state index contributed by atoms with van der Waals surface area (Å²) in [6.45, 7) is 0. The van der Waals surface area contributed by atoms with Crippen LogP contribution >= 0.6 is 0 Å². The summed E-state index contributed by atoms with van der Waals surface area (Å²) in [5.74, 6) is -4.72. The minimum atomic E-state index is -1.53. The van der Waals surface area contributed by atoms with E-state index in [1.54, 1.807) is 0 Å². The first-order valence-corrected chi connectivity index (χ1v) is 6.46. The van der Waals surface area contributed by atoms with Crippen molar-refractivity contribution in [2.24, 2.45) is 0 Å². The Morgan fingerprint density at radius 2 is 1.65 bits per heavy atom. The highest BCUT2D eigenvalue weighted by Crippen LogP contribution is 2.35. The average Bonchev–Trinajstić information content (AvgIpc) is 2.47. The summed E-state index contributed by atoms with van der Waals surface area (Å²) in [7, 11) is 0. The summed E-state index contributed by atoms with van der Waals surface area (Å²) in [5, 5.41) is 56.3. The number of aliphatic hydroxyl groups is 2. The van der Waals surface area contributed by atoms with E-state index < -0.39 is 47.5 Å². The predicted octanol–water partition coefficient (Wildman–Crippen LogP) is -0.535. The van der Waals surface area contributed by atoms with Crippen LogP contribution in [0.15, 0.2) is 23.8 Å². The molecular weight excluding hydrogens is 312 g/mol. The van der Waals surface area contributed by atoms with Crippen LogP contribution in [0, 0.1) is 0 Å². The monoisotopic (exact) mass is 326 g/mol. The summed E-state index contributed by atoms with van der Waals surface area (Å²) in [6.07, 6.45) is -3.75. The van der Waals surface area contributed by atoms with Gasteiger partial charge >= 0.3 is 11.9 Å². The number of aliphatic hydroxyl groups excluding tert-OH is 2. The number of esters is 1. The van der Waals surface area contributed by atoms with Crippen molar-refractivity contribution in [2.75, 3.05) is 0 Å². The molecule has 0 spiro atoms. The molecule has 0 amide bonds. The van der Waals surface area contributed by atoms with Crippen molar-refractivity contribution < 1.29 is 45.0 Å². The molecule has 124 valence electrons. The Morgan fingerprint density at radius 1 is 1.09 bits per heavy atom. The van der Waals surface area contributed by atoms with Crippen LogP contribution in [0.25, 0.3) is 0 Å². The molecule has 3 atom stereocenters. The predicted molar refractivity (Wildman–Crippen MR) is 73.0 cm³/mol. The van der Waals surface area contributed by atoms with Gasteiger partial charge in [0.25, 0.3) is 0 Å². The van der Waals surface area contributed by atoms with Crippen LogP contribution in [0.2, 0.25) is 0 Å². The van der Waals surface area contributed by atoms with Gasteiger partial charge in [-0.15, -0.1) is 0 Å². The molecule has 23 heavy (non-hydrogen) atoms. The standard InChI is InChI=1S/C14H14O9/c15-7-3-6(4-8(16)11(7)19)14(22)23-12-9(17)1-5(13(20)21)2-10(12)18/h1,3-4,9-10,12,15-19H,2H2,(H,20,21)/t9?,10-,12?/m1/s1. The van der Waals surface area contributed by atoms with E-state index in [1.165, 1.54) is 0 Å². The number of carbonyl (C=O) groups is 2. The fourth-order valence-corrected chi connectivity index (χ4v) is 2.16. The number of aliphatic carboxylic acids is 1. The van der Waals surface area contributed by atoms with Gasteiger partial charge in [-0.2, -0.15) is 0 Å². The highest BCUT2D eigenvalue weighted by atomic mass is 16.6. The van der Waals surface area contributed by atoms with Crippen LogP contribution in [0.5, 0.6) is 17.2 Å². The van der Waals surface area contributed by atoms with E-state index in [1.807, 2.05) is 0 Å². The number of hydrogen-bond donors (Lipinski definition) is 6. The molecule has 0 saturated heterocycles. The lowest BCUT2D eigenvalue weighted by Crippen LogP contribution is -2.44. The quantitative estimate of drug-likeness (QED) is 0.316. The number of carbonyl (C=O) groups excluding carboxylic acids is 1. The normalized spacial score (nSPS) is 23.9. The third-order valence-electron chi connectivity index (χ3n) is 3.34. The van der Waals surface area contributed by atoms with Gasteiger partial charge in [-0.25, -0.2) is 9.59 Å². The zero-order valence-corrected chi connectivity index (χ0v) is 11.6. The average molecular weight is 326 g/mol. The number of aromatic hydroxyl groups is 3. The van der Waals surface area contributed by atoms with Gasteiger partial charge in [0.1, 0.15) is 6.10 Å². The number of carboxylic acids is 1. The summed E-state index contributed by atoms with van der Waals surface area (Å²) in [6, 6.07) is 1.66. The second kappa shape index (κ2) is 6.15. The summed E-state index contributed by atoms with van der Waals surface area (Å²) in [5.41, 5.74) is -0.539. The number of hydrogen-bond acceptors (Lipinski definition) is 8. The molecule has 0 fully saturated rings. The molecule has 0 saturated carbocycles. The fourth-order valence-electron chi connectivity index (χ4n) is 2.16. The Labute approximate surface area is 129 Å². The highest BCUT2D eigenvalue weighted by molar-refractivity contribution is 5.91. The minimum Gasteiger partial charge on any atom is -0.504 e. The molecule has 0 aromatic heterocycles. The first kappa shape index (κ1) is 16.6. The summed E-state index contributed by atoms with van der Waals surface area (Å²) in [4.78, 5) is 22.8. The zero-order chi connectivity index (χ0) is 17.3. The van der Waals surface area contributed by atoms with E-state index in [2.05, 4.69) is 0 Å². The van der Waals surface area contributed by atoms with E-state index in [4.69, 9.17) is 9.84 Å². The van der Waals surface area contributed by atoms with E-state index in [-0.39, 0.29) is 17.6 Å². The van der Waals surface area contributed by atoms with Crippen LogP contribution in [0.4, 0.5) is 0 Å². The number of carboxylic acid groups (broad SMARTS) is 1. The molecule has 0 heterocycles. The molecule has 1 aliphatic rings. The SMILES string of the molecule is O=C(O)C1=CC(O)C(OC(=O)c2cc(O)c(O)c(O)c2)[C@H](O)C1. The maximum absolute atomic E-state index is 11.9. The van der Waals surface area contributed by atoms with Gasteiger partial charge in [-0.3, -0.25) is 0 Å². The fraction of sp³-hybridized carbons (Fsp3) is 0.286. The molecule has 0 bridgehead atoms. The largest absolute Gasteiger partial charge is 0.504 e. The molecule has 2 unspecified atom stereocenters. The highest BCUT2D eigenvalue weighted by Gasteiger charge is 2.36. The van der Waals surface area contributed by atoms with Crippen molar-refractivity contribution in [2.45, 2.75) is 24.7 Å². The van der Waals surface area contributed by atoms with Gasteiger partial charge in [-0.05, 0) is 18.2 Å². The van der Waals surface area contributed by atoms with Crippen molar-refractivity contribution in [1.29, 1.82) is 0 Å². The van der Waals surface area contributed by atoms with Crippen molar-refractivity contribution in [3.8, 4) is 17.2 Å². The van der Waals surface area contributed by atoms with Crippen molar-refractivity contribution >= 4 is 11.9 Å². The molecule has 0 radical (unpaired) electrons. The van der Waals surface area contributed by atoms with Gasteiger partial charge in [0.15, 0.2) is 23.4 Å². The van der Waals surface area contributed by atoms with E-state index >= 15 is 0 Å². The molecular formula is C14H14O9. The van der Waals surface area contributed by atoms with Gasteiger partial charge in [0, 0.05) is 12.0 Å². The summed E-state index contributed by atoms with van der Waals surface area (Å²) >= 11 is 0. The molecule has 0 aliphatic heterocycles. The van der Waals surface area contributed by atoms with E-state index in [0.29, 0.717) is 0 Å². The van der Waals surface area contributed by atoms with Gasteiger partial charge in [0.05, 0.1) is 11.7 Å². The number of phenolic OH excluding ortho intramolecular Hbond substituents is 3. The molecule has 9 nitrogen and oxygen atoms in total. The van der Waals surface area contributed by atoms with Crippen LogP contribution in [0.1, 0.15) is 16.8 Å². The lowest BCUT2D eigenvalue weighted by molar-refractivity contribution is -0.134. The van der Waals surface area contributed by atoms with Gasteiger partial charge in [-0.1, -0.05) is 0 Å². The number of benzene rings is 1. The van der Waals surface area contributed by atoms with Crippen molar-refractivity contribution in [3.05, 3.63) is 29.3 Å². The molecule has 1 aromatic carbocycles. The number of ether oxygens (including phenoxy) is 1. The number of phenols is 3. The molecule has 2 rings (SSSR count). The molecule has 1 aliphatic carbocycles. The van der Waals surface area contributed by atoms with Gasteiger partial charge < -0.3 is 35.4 Å². The first-order chi connectivity index (χ1) is 10.7. The third kappa shape index (κ3) is 3.35. The Bertz CT molecular complexity index is 656. The van der Waals surface area contributed by atoms with Crippen LogP contribution in [-0.4, -0.2) is 60.9 Å². The Hall–Kier alpha value is -2.78. The lowest BCUT2D eigenvalue weighted by atomic mass is 9.92. The lowest BCUT2D eigenvalue weighted by Gasteiger charge is -2.30. The molecule has 1 aromatic rings. The maximum Gasteiger partial charge on any atom is 0.338 e. The second-order valence-electron chi connectivity index (χ2n) is 4.99. The van der Waals surface area contributed by atoms with Crippen molar-refractivity contribution in [3.63, 3.8) is 0 Å². The van der Waals surface area contributed by atoms with Gasteiger partial charge in [0.2, 0.25) is 0 Å². The number of rotatable bonds is 3. The van der Waals surface area contributed by atoms with E-state index in [0.717, 1.165) is 18.2 Å². The Balaban J connectivity index is 2.19. The van der Waals surface area contributed by atoms with Crippen LogP contribution in [-0.2, 0) is 9.53 Å². The Morgan fingerprint density at radius 3 is 2.13 bits per heavy atom. The zero-order valence-electron chi connectivity index (χ0n) is 11.6. The first-order valence-electron chi connectivity index (χ1n) is 6.46. The molecule has 9 heteroatoms. The Kier molecular flexibility index (Phi) is 4.43. The third-order valence-corrected chi connectivity index (χ3v) is 3.34.